The zero-order valence-electron chi connectivity index (χ0n) is 14.5. The molecule has 0 bridgehead atoms. The van der Waals surface area contributed by atoms with Gasteiger partial charge >= 0.3 is 0 Å². The molecule has 1 atom stereocenters. The predicted molar refractivity (Wildman–Crippen MR) is 97.7 cm³/mol. The lowest BCUT2D eigenvalue weighted by atomic mass is 9.84. The Hall–Kier alpha value is -2.69. The Bertz CT molecular complexity index is 797. The number of amides is 1. The second kappa shape index (κ2) is 6.31. The molecule has 2 aliphatic heterocycles. The second-order valence-electron chi connectivity index (χ2n) is 6.36. The molecule has 5 heteroatoms. The summed E-state index contributed by atoms with van der Waals surface area (Å²) in [6, 6.07) is 12.4. The molecule has 0 spiro atoms. The molecule has 2 aliphatic rings. The van der Waals surface area contributed by atoms with E-state index in [1.807, 2.05) is 12.1 Å². The molecule has 0 saturated heterocycles. The summed E-state index contributed by atoms with van der Waals surface area (Å²) in [6.07, 6.45) is 0.442. The Morgan fingerprint density at radius 3 is 2.44 bits per heavy atom. The van der Waals surface area contributed by atoms with Crippen LogP contribution in [0.5, 0.6) is 11.5 Å². The van der Waals surface area contributed by atoms with E-state index in [4.69, 9.17) is 9.47 Å². The van der Waals surface area contributed by atoms with Crippen LogP contribution in [0.15, 0.2) is 36.4 Å². The molecule has 25 heavy (non-hydrogen) atoms. The minimum absolute atomic E-state index is 0.0315. The Morgan fingerprint density at radius 1 is 1.08 bits per heavy atom. The van der Waals surface area contributed by atoms with Gasteiger partial charge in [-0.05, 0) is 43.2 Å². The van der Waals surface area contributed by atoms with Gasteiger partial charge in [0, 0.05) is 42.9 Å². The summed E-state index contributed by atoms with van der Waals surface area (Å²) in [5, 5.41) is 2.95. The van der Waals surface area contributed by atoms with Crippen molar-refractivity contribution in [3.8, 4) is 11.5 Å². The number of anilines is 2. The number of hydrogen-bond acceptors (Lipinski definition) is 4. The minimum Gasteiger partial charge on any atom is -0.454 e. The zero-order valence-corrected chi connectivity index (χ0v) is 14.5. The fourth-order valence-corrected chi connectivity index (χ4v) is 3.65. The number of fused-ring (bicyclic) bond motifs is 2. The van der Waals surface area contributed by atoms with E-state index >= 15 is 0 Å². The highest BCUT2D eigenvalue weighted by molar-refractivity contribution is 5.96. The summed E-state index contributed by atoms with van der Waals surface area (Å²) in [7, 11) is 0. The quantitative estimate of drug-likeness (QED) is 0.923. The number of carbonyl (C=O) groups is 1. The van der Waals surface area contributed by atoms with Crippen LogP contribution in [0.2, 0.25) is 0 Å². The number of benzene rings is 2. The highest BCUT2D eigenvalue weighted by atomic mass is 16.7. The average molecular weight is 338 g/mol. The smallest absolute Gasteiger partial charge is 0.231 e. The van der Waals surface area contributed by atoms with Crippen molar-refractivity contribution in [3.05, 3.63) is 47.5 Å². The molecule has 0 aromatic heterocycles. The van der Waals surface area contributed by atoms with Crippen LogP contribution in [0.25, 0.3) is 0 Å². The van der Waals surface area contributed by atoms with Crippen molar-refractivity contribution in [2.75, 3.05) is 30.1 Å². The lowest BCUT2D eigenvalue weighted by molar-refractivity contribution is -0.116. The molecule has 0 radical (unpaired) electrons. The van der Waals surface area contributed by atoms with E-state index in [1.165, 1.54) is 5.69 Å². The van der Waals surface area contributed by atoms with Crippen LogP contribution in [0, 0.1) is 0 Å². The molecule has 4 rings (SSSR count). The van der Waals surface area contributed by atoms with Gasteiger partial charge in [-0.3, -0.25) is 4.79 Å². The summed E-state index contributed by atoms with van der Waals surface area (Å²) in [5.74, 6) is 1.50. The first-order valence-corrected chi connectivity index (χ1v) is 8.78. The minimum atomic E-state index is 0.0315. The van der Waals surface area contributed by atoms with E-state index in [-0.39, 0.29) is 18.6 Å². The van der Waals surface area contributed by atoms with Crippen molar-refractivity contribution in [1.29, 1.82) is 0 Å². The largest absolute Gasteiger partial charge is 0.454 e. The van der Waals surface area contributed by atoms with Gasteiger partial charge in [0.25, 0.3) is 0 Å². The second-order valence-corrected chi connectivity index (χ2v) is 6.36. The molecule has 0 aliphatic carbocycles. The van der Waals surface area contributed by atoms with Crippen molar-refractivity contribution in [2.24, 2.45) is 0 Å². The van der Waals surface area contributed by atoms with Crippen LogP contribution in [-0.4, -0.2) is 25.8 Å². The summed E-state index contributed by atoms with van der Waals surface area (Å²) in [4.78, 5) is 14.5. The highest BCUT2D eigenvalue weighted by Crippen LogP contribution is 2.44. The molecular formula is C20H22N2O3. The highest BCUT2D eigenvalue weighted by Gasteiger charge is 2.29. The monoisotopic (exact) mass is 338 g/mol. The third kappa shape index (κ3) is 2.80. The molecule has 2 aromatic carbocycles. The first-order chi connectivity index (χ1) is 12.2. The number of rotatable bonds is 4. The summed E-state index contributed by atoms with van der Waals surface area (Å²) in [6.45, 7) is 6.50. The third-order valence-corrected chi connectivity index (χ3v) is 5.01. The van der Waals surface area contributed by atoms with Crippen LogP contribution >= 0.6 is 0 Å². The average Bonchev–Trinajstić information content (AvgIpc) is 3.08. The SMILES string of the molecule is CCN(CC)c1ccc([C@@H]2CC(=O)Nc3cc4c(cc32)OCO4)cc1. The molecule has 0 unspecified atom stereocenters. The Morgan fingerprint density at radius 2 is 1.76 bits per heavy atom. The van der Waals surface area contributed by atoms with Gasteiger partial charge in [-0.1, -0.05) is 12.1 Å². The first kappa shape index (κ1) is 15.8. The summed E-state index contributed by atoms with van der Waals surface area (Å²) in [5.41, 5.74) is 4.25. The van der Waals surface area contributed by atoms with Gasteiger partial charge in [-0.2, -0.15) is 0 Å². The van der Waals surface area contributed by atoms with Crippen molar-refractivity contribution in [2.45, 2.75) is 26.2 Å². The van der Waals surface area contributed by atoms with Crippen LogP contribution in [-0.2, 0) is 4.79 Å². The molecule has 0 fully saturated rings. The fourth-order valence-electron chi connectivity index (χ4n) is 3.65. The maximum absolute atomic E-state index is 12.2. The number of ether oxygens (including phenoxy) is 2. The van der Waals surface area contributed by atoms with Gasteiger partial charge in [0.1, 0.15) is 0 Å². The fraction of sp³-hybridized carbons (Fsp3) is 0.350. The van der Waals surface area contributed by atoms with E-state index in [2.05, 4.69) is 48.3 Å². The van der Waals surface area contributed by atoms with E-state index in [0.29, 0.717) is 12.2 Å². The lowest BCUT2D eigenvalue weighted by Gasteiger charge is -2.27. The molecule has 1 N–H and O–H groups in total. The van der Waals surface area contributed by atoms with E-state index in [1.54, 1.807) is 0 Å². The van der Waals surface area contributed by atoms with Gasteiger partial charge in [0.15, 0.2) is 11.5 Å². The number of nitrogens with one attached hydrogen (secondary N) is 1. The molecule has 1 amide bonds. The maximum atomic E-state index is 12.2. The summed E-state index contributed by atoms with van der Waals surface area (Å²) >= 11 is 0. The van der Waals surface area contributed by atoms with E-state index in [9.17, 15) is 4.79 Å². The van der Waals surface area contributed by atoms with Gasteiger partial charge < -0.3 is 19.7 Å². The topological polar surface area (TPSA) is 50.8 Å². The van der Waals surface area contributed by atoms with Crippen LogP contribution < -0.4 is 19.7 Å². The molecular weight excluding hydrogens is 316 g/mol. The van der Waals surface area contributed by atoms with Crippen LogP contribution in [0.3, 0.4) is 0 Å². The van der Waals surface area contributed by atoms with Crippen LogP contribution in [0.4, 0.5) is 11.4 Å². The van der Waals surface area contributed by atoms with Gasteiger partial charge in [0.05, 0.1) is 0 Å². The van der Waals surface area contributed by atoms with Crippen molar-refractivity contribution in [1.82, 2.24) is 0 Å². The van der Waals surface area contributed by atoms with Gasteiger partial charge in [0.2, 0.25) is 12.7 Å². The molecule has 2 aromatic rings. The zero-order chi connectivity index (χ0) is 17.4. The third-order valence-electron chi connectivity index (χ3n) is 5.01. The van der Waals surface area contributed by atoms with Crippen molar-refractivity contribution >= 4 is 17.3 Å². The standard InChI is InChI=1S/C20H22N2O3/c1-3-22(4-2)14-7-5-13(6-8-14)15-10-20(23)21-17-11-19-18(9-16(15)17)24-12-25-19/h5-9,11,15H,3-4,10,12H2,1-2H3,(H,21,23)/t15-/m0/s1. The Kier molecular flexibility index (Phi) is 3.99. The molecule has 5 nitrogen and oxygen atoms in total. The van der Waals surface area contributed by atoms with Crippen molar-refractivity contribution < 1.29 is 14.3 Å². The Balaban J connectivity index is 1.70. The predicted octanol–water partition coefficient (Wildman–Crippen LogP) is 3.74. The molecule has 130 valence electrons. The molecule has 2 heterocycles. The van der Waals surface area contributed by atoms with E-state index in [0.717, 1.165) is 35.7 Å². The number of hydrogen-bond donors (Lipinski definition) is 1. The maximum Gasteiger partial charge on any atom is 0.231 e. The molecule has 0 saturated carbocycles. The van der Waals surface area contributed by atoms with Crippen LogP contribution in [0.1, 0.15) is 37.3 Å². The normalized spacial score (nSPS) is 17.8. The van der Waals surface area contributed by atoms with Gasteiger partial charge in [-0.25, -0.2) is 0 Å². The van der Waals surface area contributed by atoms with E-state index < -0.39 is 0 Å². The lowest BCUT2D eigenvalue weighted by Crippen LogP contribution is -2.24. The number of carbonyl (C=O) groups excluding carboxylic acids is 1. The van der Waals surface area contributed by atoms with Gasteiger partial charge in [-0.15, -0.1) is 0 Å². The first-order valence-electron chi connectivity index (χ1n) is 8.78. The number of nitrogens with zero attached hydrogens (tertiary/aromatic N) is 1. The summed E-state index contributed by atoms with van der Waals surface area (Å²) < 4.78 is 10.9. The van der Waals surface area contributed by atoms with Crippen molar-refractivity contribution in [3.63, 3.8) is 0 Å². The Labute approximate surface area is 147 Å².